The fourth-order valence-corrected chi connectivity index (χ4v) is 3.82. The van der Waals surface area contributed by atoms with Crippen molar-refractivity contribution in [3.8, 4) is 12.3 Å². The van der Waals surface area contributed by atoms with Crippen LogP contribution in [0.3, 0.4) is 0 Å². The number of rotatable bonds is 6. The number of terminal acetylenes is 1. The van der Waals surface area contributed by atoms with Crippen molar-refractivity contribution in [3.63, 3.8) is 0 Å². The Morgan fingerprint density at radius 2 is 2.08 bits per heavy atom. The van der Waals surface area contributed by atoms with E-state index in [0.29, 0.717) is 32.2 Å². The maximum Gasteiger partial charge on any atom is 0.264 e. The van der Waals surface area contributed by atoms with Gasteiger partial charge in [0.25, 0.3) is 10.0 Å². The van der Waals surface area contributed by atoms with Crippen LogP contribution >= 0.6 is 0 Å². The SMILES string of the molecule is C#CCCCC(=O)N1CCc2cc(S(=O)(=O)Nc3ncccn3)ccc21. The zero-order valence-electron chi connectivity index (χ0n) is 14.1. The molecule has 1 aromatic heterocycles. The van der Waals surface area contributed by atoms with Crippen molar-refractivity contribution in [3.05, 3.63) is 42.2 Å². The van der Waals surface area contributed by atoms with Crippen LogP contribution in [0.1, 0.15) is 24.8 Å². The van der Waals surface area contributed by atoms with Gasteiger partial charge in [0, 0.05) is 37.5 Å². The van der Waals surface area contributed by atoms with Gasteiger partial charge in [0.1, 0.15) is 0 Å². The van der Waals surface area contributed by atoms with Gasteiger partial charge in [0.15, 0.2) is 0 Å². The molecule has 0 saturated carbocycles. The molecule has 1 aromatic carbocycles. The van der Waals surface area contributed by atoms with Gasteiger partial charge in [-0.05, 0) is 42.7 Å². The first-order valence-electron chi connectivity index (χ1n) is 8.18. The molecule has 0 unspecified atom stereocenters. The molecule has 1 amide bonds. The second-order valence-electron chi connectivity index (χ2n) is 5.82. The number of carbonyl (C=O) groups is 1. The van der Waals surface area contributed by atoms with E-state index in [4.69, 9.17) is 6.42 Å². The third kappa shape index (κ3) is 3.83. The molecule has 26 heavy (non-hydrogen) atoms. The van der Waals surface area contributed by atoms with Crippen molar-refractivity contribution >= 4 is 27.6 Å². The van der Waals surface area contributed by atoms with E-state index in [1.54, 1.807) is 23.1 Å². The molecule has 1 N–H and O–H groups in total. The molecule has 0 saturated heterocycles. The highest BCUT2D eigenvalue weighted by atomic mass is 32.2. The van der Waals surface area contributed by atoms with Crippen LogP contribution in [0, 0.1) is 12.3 Å². The van der Waals surface area contributed by atoms with Gasteiger partial charge in [-0.25, -0.2) is 23.1 Å². The van der Waals surface area contributed by atoms with Gasteiger partial charge in [-0.15, -0.1) is 12.3 Å². The Bertz CT molecular complexity index is 952. The summed E-state index contributed by atoms with van der Waals surface area (Å²) in [7, 11) is -3.79. The number of nitrogens with one attached hydrogen (secondary N) is 1. The first kappa shape index (κ1) is 17.9. The van der Waals surface area contributed by atoms with Crippen LogP contribution in [-0.2, 0) is 21.2 Å². The number of carbonyl (C=O) groups excluding carboxylic acids is 1. The van der Waals surface area contributed by atoms with E-state index in [-0.39, 0.29) is 16.8 Å². The van der Waals surface area contributed by atoms with Gasteiger partial charge in [-0.3, -0.25) is 4.79 Å². The zero-order valence-corrected chi connectivity index (χ0v) is 14.9. The average Bonchev–Trinajstić information content (AvgIpc) is 3.05. The molecule has 0 spiro atoms. The lowest BCUT2D eigenvalue weighted by Gasteiger charge is -2.17. The van der Waals surface area contributed by atoms with Crippen molar-refractivity contribution in [2.45, 2.75) is 30.6 Å². The second-order valence-corrected chi connectivity index (χ2v) is 7.50. The van der Waals surface area contributed by atoms with E-state index in [0.717, 1.165) is 11.3 Å². The number of benzene rings is 1. The summed E-state index contributed by atoms with van der Waals surface area (Å²) in [5.41, 5.74) is 1.58. The third-order valence-corrected chi connectivity index (χ3v) is 5.39. The number of aromatic nitrogens is 2. The number of amides is 1. The predicted molar refractivity (Wildman–Crippen MR) is 98.0 cm³/mol. The summed E-state index contributed by atoms with van der Waals surface area (Å²) < 4.78 is 27.3. The first-order valence-corrected chi connectivity index (χ1v) is 9.66. The van der Waals surface area contributed by atoms with Gasteiger partial charge < -0.3 is 4.90 Å². The molecule has 0 fully saturated rings. The predicted octanol–water partition coefficient (Wildman–Crippen LogP) is 1.97. The summed E-state index contributed by atoms with van der Waals surface area (Å²) in [5, 5.41) is 0. The molecule has 3 rings (SSSR count). The quantitative estimate of drug-likeness (QED) is 0.620. The Kier molecular flexibility index (Phi) is 5.19. The number of hydrogen-bond acceptors (Lipinski definition) is 5. The monoisotopic (exact) mass is 370 g/mol. The summed E-state index contributed by atoms with van der Waals surface area (Å²) >= 11 is 0. The van der Waals surface area contributed by atoms with E-state index in [1.165, 1.54) is 18.5 Å². The number of nitrogens with zero attached hydrogens (tertiary/aromatic N) is 3. The molecule has 1 aliphatic rings. The lowest BCUT2D eigenvalue weighted by Crippen LogP contribution is -2.28. The van der Waals surface area contributed by atoms with Crippen LogP contribution in [0.5, 0.6) is 0 Å². The molecule has 0 bridgehead atoms. The molecule has 2 aromatic rings. The standard InChI is InChI=1S/C18H18N4O3S/c1-2-3-4-6-17(23)22-12-9-14-13-15(7-8-16(14)22)26(24,25)21-18-19-10-5-11-20-18/h1,5,7-8,10-11,13H,3-4,6,9,12H2,(H,19,20,21). The molecular formula is C18H18N4O3S. The first-order chi connectivity index (χ1) is 12.5. The van der Waals surface area contributed by atoms with E-state index in [1.807, 2.05) is 0 Å². The van der Waals surface area contributed by atoms with Crippen LogP contribution in [0.4, 0.5) is 11.6 Å². The number of anilines is 2. The fourth-order valence-electron chi connectivity index (χ4n) is 2.81. The topological polar surface area (TPSA) is 92.3 Å². The van der Waals surface area contributed by atoms with E-state index >= 15 is 0 Å². The Morgan fingerprint density at radius 1 is 1.31 bits per heavy atom. The van der Waals surface area contributed by atoms with Gasteiger partial charge in [-0.1, -0.05) is 0 Å². The number of fused-ring (bicyclic) bond motifs is 1. The molecule has 0 aliphatic carbocycles. The zero-order chi connectivity index (χ0) is 18.6. The summed E-state index contributed by atoms with van der Waals surface area (Å²) in [5.74, 6) is 2.54. The highest BCUT2D eigenvalue weighted by molar-refractivity contribution is 7.92. The highest BCUT2D eigenvalue weighted by Crippen LogP contribution is 2.31. The molecule has 134 valence electrons. The Balaban J connectivity index is 1.78. The summed E-state index contributed by atoms with van der Waals surface area (Å²) in [6, 6.07) is 6.34. The second kappa shape index (κ2) is 7.54. The van der Waals surface area contributed by atoms with Crippen LogP contribution < -0.4 is 9.62 Å². The molecule has 8 heteroatoms. The minimum Gasteiger partial charge on any atom is -0.312 e. The lowest BCUT2D eigenvalue weighted by molar-refractivity contribution is -0.118. The van der Waals surface area contributed by atoms with E-state index < -0.39 is 10.0 Å². The van der Waals surface area contributed by atoms with Crippen LogP contribution in [0.15, 0.2) is 41.6 Å². The van der Waals surface area contributed by atoms with E-state index in [9.17, 15) is 13.2 Å². The van der Waals surface area contributed by atoms with Gasteiger partial charge in [-0.2, -0.15) is 0 Å². The highest BCUT2D eigenvalue weighted by Gasteiger charge is 2.26. The van der Waals surface area contributed by atoms with Crippen molar-refractivity contribution < 1.29 is 13.2 Å². The molecular weight excluding hydrogens is 352 g/mol. The summed E-state index contributed by atoms with van der Waals surface area (Å²) in [6.45, 7) is 0.545. The fraction of sp³-hybridized carbons (Fsp3) is 0.278. The smallest absolute Gasteiger partial charge is 0.264 e. The van der Waals surface area contributed by atoms with Crippen LogP contribution in [-0.4, -0.2) is 30.8 Å². The summed E-state index contributed by atoms with van der Waals surface area (Å²) in [4.78, 5) is 21.9. The van der Waals surface area contributed by atoms with Gasteiger partial charge in [0.05, 0.1) is 4.90 Å². The molecule has 2 heterocycles. The largest absolute Gasteiger partial charge is 0.312 e. The molecule has 0 atom stereocenters. The van der Waals surface area contributed by atoms with Crippen molar-refractivity contribution in [1.29, 1.82) is 0 Å². The van der Waals surface area contributed by atoms with Crippen molar-refractivity contribution in [1.82, 2.24) is 9.97 Å². The maximum absolute atomic E-state index is 12.5. The number of sulfonamides is 1. The lowest BCUT2D eigenvalue weighted by atomic mass is 10.1. The van der Waals surface area contributed by atoms with Crippen molar-refractivity contribution in [2.75, 3.05) is 16.2 Å². The average molecular weight is 370 g/mol. The van der Waals surface area contributed by atoms with E-state index in [2.05, 4.69) is 20.6 Å². The van der Waals surface area contributed by atoms with Crippen molar-refractivity contribution in [2.24, 2.45) is 0 Å². The Morgan fingerprint density at radius 3 is 2.81 bits per heavy atom. The minimum absolute atomic E-state index is 0.00502. The Hall–Kier alpha value is -2.92. The molecule has 0 radical (unpaired) electrons. The minimum atomic E-state index is -3.79. The molecule has 1 aliphatic heterocycles. The van der Waals surface area contributed by atoms with Gasteiger partial charge >= 0.3 is 0 Å². The van der Waals surface area contributed by atoms with Gasteiger partial charge in [0.2, 0.25) is 11.9 Å². The molecule has 7 nitrogen and oxygen atoms in total. The third-order valence-electron chi connectivity index (χ3n) is 4.06. The number of hydrogen-bond donors (Lipinski definition) is 1. The van der Waals surface area contributed by atoms with Crippen LogP contribution in [0.25, 0.3) is 0 Å². The summed E-state index contributed by atoms with van der Waals surface area (Å²) in [6.07, 6.45) is 10.3. The number of unbranched alkanes of at least 4 members (excludes halogenated alkanes) is 1. The maximum atomic E-state index is 12.5. The van der Waals surface area contributed by atoms with Crippen LogP contribution in [0.2, 0.25) is 0 Å². The normalized spacial score (nSPS) is 13.1. The Labute approximate surface area is 152 Å².